The molecule has 1 heterocycles. The quantitative estimate of drug-likeness (QED) is 0.682. The van der Waals surface area contributed by atoms with Crippen LogP contribution >= 0.6 is 22.9 Å². The molecule has 0 saturated carbocycles. The number of hydrogen-bond acceptors (Lipinski definition) is 3. The van der Waals surface area contributed by atoms with Gasteiger partial charge in [-0.05, 0) is 24.1 Å². The summed E-state index contributed by atoms with van der Waals surface area (Å²) in [5.41, 5.74) is 2.95. The SMILES string of the molecule is CCc1sc(NC(=O)Cc2ccc(Cl)cc2)nc1-c1ccccc1. The number of benzene rings is 2. The van der Waals surface area contributed by atoms with Crippen LogP contribution in [-0.2, 0) is 17.6 Å². The van der Waals surface area contributed by atoms with E-state index in [1.807, 2.05) is 42.5 Å². The summed E-state index contributed by atoms with van der Waals surface area (Å²) in [5, 5.41) is 4.21. The molecule has 3 aromatic rings. The van der Waals surface area contributed by atoms with Gasteiger partial charge in [0.05, 0.1) is 12.1 Å². The second-order valence-electron chi connectivity index (χ2n) is 5.36. The fourth-order valence-electron chi connectivity index (χ4n) is 2.42. The molecule has 122 valence electrons. The van der Waals surface area contributed by atoms with E-state index in [2.05, 4.69) is 17.2 Å². The predicted octanol–water partition coefficient (Wildman–Crippen LogP) is 5.21. The first-order chi connectivity index (χ1) is 11.7. The summed E-state index contributed by atoms with van der Waals surface area (Å²) in [7, 11) is 0. The lowest BCUT2D eigenvalue weighted by Crippen LogP contribution is -2.14. The molecular weight excluding hydrogens is 340 g/mol. The smallest absolute Gasteiger partial charge is 0.230 e. The average Bonchev–Trinajstić information content (AvgIpc) is 3.00. The van der Waals surface area contributed by atoms with E-state index in [0.717, 1.165) is 23.2 Å². The third kappa shape index (κ3) is 4.02. The van der Waals surface area contributed by atoms with Crippen LogP contribution < -0.4 is 5.32 Å². The summed E-state index contributed by atoms with van der Waals surface area (Å²) in [5.74, 6) is -0.0756. The summed E-state index contributed by atoms with van der Waals surface area (Å²) in [4.78, 5) is 18.0. The first-order valence-corrected chi connectivity index (χ1v) is 8.94. The van der Waals surface area contributed by atoms with Gasteiger partial charge in [-0.1, -0.05) is 61.0 Å². The van der Waals surface area contributed by atoms with Gasteiger partial charge in [0.25, 0.3) is 0 Å². The van der Waals surface area contributed by atoms with Crippen molar-refractivity contribution in [3.63, 3.8) is 0 Å². The fourth-order valence-corrected chi connectivity index (χ4v) is 3.48. The van der Waals surface area contributed by atoms with Gasteiger partial charge in [0.2, 0.25) is 5.91 Å². The monoisotopic (exact) mass is 356 g/mol. The van der Waals surface area contributed by atoms with Gasteiger partial charge in [0, 0.05) is 15.5 Å². The molecule has 3 rings (SSSR count). The van der Waals surface area contributed by atoms with E-state index in [9.17, 15) is 4.79 Å². The molecule has 5 heteroatoms. The molecule has 0 fully saturated rings. The second kappa shape index (κ2) is 7.60. The van der Waals surface area contributed by atoms with Crippen molar-refractivity contribution in [2.45, 2.75) is 19.8 Å². The van der Waals surface area contributed by atoms with Crippen LogP contribution in [0.1, 0.15) is 17.4 Å². The van der Waals surface area contributed by atoms with Crippen LogP contribution in [0.15, 0.2) is 54.6 Å². The van der Waals surface area contributed by atoms with Gasteiger partial charge in [-0.15, -0.1) is 11.3 Å². The Kier molecular flexibility index (Phi) is 5.28. The van der Waals surface area contributed by atoms with Crippen molar-refractivity contribution in [3.8, 4) is 11.3 Å². The van der Waals surface area contributed by atoms with Crippen molar-refractivity contribution < 1.29 is 4.79 Å². The van der Waals surface area contributed by atoms with Gasteiger partial charge in [-0.3, -0.25) is 4.79 Å². The van der Waals surface area contributed by atoms with Crippen LogP contribution in [0.25, 0.3) is 11.3 Å². The highest BCUT2D eigenvalue weighted by Gasteiger charge is 2.13. The van der Waals surface area contributed by atoms with Crippen LogP contribution in [0, 0.1) is 0 Å². The van der Waals surface area contributed by atoms with Gasteiger partial charge in [0.15, 0.2) is 5.13 Å². The Hall–Kier alpha value is -2.17. The summed E-state index contributed by atoms with van der Waals surface area (Å²) < 4.78 is 0. The van der Waals surface area contributed by atoms with Gasteiger partial charge in [-0.25, -0.2) is 4.98 Å². The van der Waals surface area contributed by atoms with Crippen molar-refractivity contribution >= 4 is 34.0 Å². The Balaban J connectivity index is 1.74. The Morgan fingerprint density at radius 3 is 2.50 bits per heavy atom. The molecule has 1 aromatic heterocycles. The first-order valence-electron chi connectivity index (χ1n) is 7.75. The molecule has 0 spiro atoms. The van der Waals surface area contributed by atoms with E-state index in [1.54, 1.807) is 12.1 Å². The van der Waals surface area contributed by atoms with Crippen molar-refractivity contribution in [2.24, 2.45) is 0 Å². The number of aromatic nitrogens is 1. The summed E-state index contributed by atoms with van der Waals surface area (Å²) in [6, 6.07) is 17.3. The molecule has 0 aliphatic rings. The van der Waals surface area contributed by atoms with Gasteiger partial charge < -0.3 is 5.32 Å². The molecule has 1 N–H and O–H groups in total. The van der Waals surface area contributed by atoms with Crippen LogP contribution in [0.5, 0.6) is 0 Å². The first kappa shape index (κ1) is 16.7. The van der Waals surface area contributed by atoms with Gasteiger partial charge in [-0.2, -0.15) is 0 Å². The minimum atomic E-state index is -0.0756. The van der Waals surface area contributed by atoms with E-state index >= 15 is 0 Å². The number of carbonyl (C=O) groups excluding carboxylic acids is 1. The number of thiazole rings is 1. The molecule has 2 aromatic carbocycles. The number of anilines is 1. The summed E-state index contributed by atoms with van der Waals surface area (Å²) >= 11 is 7.39. The summed E-state index contributed by atoms with van der Waals surface area (Å²) in [6.45, 7) is 2.10. The lowest BCUT2D eigenvalue weighted by Gasteiger charge is -2.02. The van der Waals surface area contributed by atoms with Crippen molar-refractivity contribution in [1.82, 2.24) is 4.98 Å². The Morgan fingerprint density at radius 1 is 1.12 bits per heavy atom. The number of halogens is 1. The van der Waals surface area contributed by atoms with E-state index in [1.165, 1.54) is 16.2 Å². The minimum Gasteiger partial charge on any atom is -0.302 e. The van der Waals surface area contributed by atoms with Crippen molar-refractivity contribution in [2.75, 3.05) is 5.32 Å². The Morgan fingerprint density at radius 2 is 1.83 bits per heavy atom. The number of rotatable bonds is 5. The number of aryl methyl sites for hydroxylation is 1. The van der Waals surface area contributed by atoms with E-state index in [0.29, 0.717) is 16.6 Å². The van der Waals surface area contributed by atoms with Crippen LogP contribution in [0.3, 0.4) is 0 Å². The molecule has 24 heavy (non-hydrogen) atoms. The maximum atomic E-state index is 12.2. The topological polar surface area (TPSA) is 42.0 Å². The number of carbonyl (C=O) groups is 1. The molecule has 0 radical (unpaired) electrons. The fraction of sp³-hybridized carbons (Fsp3) is 0.158. The summed E-state index contributed by atoms with van der Waals surface area (Å²) in [6.07, 6.45) is 1.19. The maximum absolute atomic E-state index is 12.2. The standard InChI is InChI=1S/C19H17ClN2OS/c1-2-16-18(14-6-4-3-5-7-14)22-19(24-16)21-17(23)12-13-8-10-15(20)11-9-13/h3-11H,2,12H2,1H3,(H,21,22,23). The third-order valence-electron chi connectivity index (χ3n) is 3.59. The highest BCUT2D eigenvalue weighted by atomic mass is 35.5. The molecule has 0 aliphatic carbocycles. The zero-order chi connectivity index (χ0) is 16.9. The van der Waals surface area contributed by atoms with Gasteiger partial charge in [0.1, 0.15) is 0 Å². The van der Waals surface area contributed by atoms with Crippen LogP contribution in [0.4, 0.5) is 5.13 Å². The molecule has 0 aliphatic heterocycles. The van der Waals surface area contributed by atoms with Crippen LogP contribution in [0.2, 0.25) is 5.02 Å². The number of amides is 1. The number of hydrogen-bond donors (Lipinski definition) is 1. The second-order valence-corrected chi connectivity index (χ2v) is 6.88. The predicted molar refractivity (Wildman–Crippen MR) is 101 cm³/mol. The lowest BCUT2D eigenvalue weighted by molar-refractivity contribution is -0.115. The molecule has 0 unspecified atom stereocenters. The molecule has 0 atom stereocenters. The zero-order valence-corrected chi connectivity index (χ0v) is 14.8. The zero-order valence-electron chi connectivity index (χ0n) is 13.3. The highest BCUT2D eigenvalue weighted by molar-refractivity contribution is 7.16. The number of nitrogens with one attached hydrogen (secondary N) is 1. The maximum Gasteiger partial charge on any atom is 0.230 e. The molecular formula is C19H17ClN2OS. The third-order valence-corrected chi connectivity index (χ3v) is 4.96. The van der Waals surface area contributed by atoms with Gasteiger partial charge >= 0.3 is 0 Å². The Labute approximate surface area is 150 Å². The minimum absolute atomic E-state index is 0.0756. The van der Waals surface area contributed by atoms with Crippen LogP contribution in [-0.4, -0.2) is 10.9 Å². The van der Waals surface area contributed by atoms with E-state index in [-0.39, 0.29) is 5.91 Å². The van der Waals surface area contributed by atoms with E-state index < -0.39 is 0 Å². The Bertz CT molecular complexity index is 828. The molecule has 1 amide bonds. The molecule has 0 saturated heterocycles. The molecule has 3 nitrogen and oxygen atoms in total. The number of nitrogens with zero attached hydrogens (tertiary/aromatic N) is 1. The average molecular weight is 357 g/mol. The lowest BCUT2D eigenvalue weighted by atomic mass is 10.1. The largest absolute Gasteiger partial charge is 0.302 e. The normalized spacial score (nSPS) is 10.6. The molecule has 0 bridgehead atoms. The highest BCUT2D eigenvalue weighted by Crippen LogP contribution is 2.31. The van der Waals surface area contributed by atoms with Crippen molar-refractivity contribution in [1.29, 1.82) is 0 Å². The van der Waals surface area contributed by atoms with E-state index in [4.69, 9.17) is 11.6 Å². The van der Waals surface area contributed by atoms with Crippen molar-refractivity contribution in [3.05, 3.63) is 70.1 Å².